The van der Waals surface area contributed by atoms with E-state index >= 15 is 0 Å². The summed E-state index contributed by atoms with van der Waals surface area (Å²) in [6.45, 7) is 6.64. The van der Waals surface area contributed by atoms with E-state index in [1.807, 2.05) is 30.5 Å². The van der Waals surface area contributed by atoms with Crippen LogP contribution < -0.4 is 0 Å². The third kappa shape index (κ3) is 4.07. The maximum absolute atomic E-state index is 12.8. The zero-order chi connectivity index (χ0) is 20.6. The van der Waals surface area contributed by atoms with E-state index in [0.717, 1.165) is 22.8 Å². The Labute approximate surface area is 172 Å². The van der Waals surface area contributed by atoms with Gasteiger partial charge < -0.3 is 0 Å². The van der Waals surface area contributed by atoms with Crippen molar-refractivity contribution in [2.24, 2.45) is 11.0 Å². The first-order valence-electron chi connectivity index (χ1n) is 10.1. The molecule has 0 saturated heterocycles. The normalized spacial score (nSPS) is 18.9. The van der Waals surface area contributed by atoms with Gasteiger partial charge in [-0.05, 0) is 40.3 Å². The van der Waals surface area contributed by atoms with Crippen LogP contribution in [0.15, 0.2) is 66.0 Å². The first-order chi connectivity index (χ1) is 13.8. The summed E-state index contributed by atoms with van der Waals surface area (Å²) in [5.41, 5.74) is 3.69. The Morgan fingerprint density at radius 1 is 1.14 bits per heavy atom. The van der Waals surface area contributed by atoms with Crippen molar-refractivity contribution in [1.82, 2.24) is 9.99 Å². The third-order valence-corrected chi connectivity index (χ3v) is 5.72. The highest BCUT2D eigenvalue weighted by atomic mass is 16.2. The third-order valence-electron chi connectivity index (χ3n) is 5.72. The van der Waals surface area contributed by atoms with Crippen molar-refractivity contribution in [2.75, 3.05) is 7.05 Å². The van der Waals surface area contributed by atoms with E-state index in [4.69, 9.17) is 0 Å². The van der Waals surface area contributed by atoms with E-state index in [2.05, 4.69) is 55.1 Å². The number of aromatic nitrogens is 1. The summed E-state index contributed by atoms with van der Waals surface area (Å²) in [7, 11) is 1.74. The standard InChI is InChI=1S/C25H27N3O/c1-25(2,3)20-10-8-17(9-11-20)22-14-23(22)24(29)28(4)27-16-19-7-5-6-18-15-26-13-12-21(18)19/h5-13,15-16,22-23H,14H2,1-4H3/b27-16-. The molecule has 2 aromatic carbocycles. The number of benzene rings is 2. The van der Waals surface area contributed by atoms with Crippen LogP contribution in [0.2, 0.25) is 0 Å². The van der Waals surface area contributed by atoms with E-state index < -0.39 is 0 Å². The summed E-state index contributed by atoms with van der Waals surface area (Å²) < 4.78 is 0. The molecule has 2 unspecified atom stereocenters. The van der Waals surface area contributed by atoms with Crippen LogP contribution in [-0.2, 0) is 10.2 Å². The van der Waals surface area contributed by atoms with Crippen molar-refractivity contribution in [1.29, 1.82) is 0 Å². The Morgan fingerprint density at radius 2 is 1.90 bits per heavy atom. The SMILES string of the molecule is CN(/N=C\c1cccc2cnccc12)C(=O)C1CC1c1ccc(C(C)(C)C)cc1. The van der Waals surface area contributed by atoms with Gasteiger partial charge in [0.05, 0.1) is 6.21 Å². The molecule has 1 aliphatic rings. The Bertz CT molecular complexity index is 1060. The van der Waals surface area contributed by atoms with Crippen LogP contribution in [0.25, 0.3) is 10.8 Å². The largest absolute Gasteiger partial charge is 0.273 e. The highest BCUT2D eigenvalue weighted by molar-refractivity contribution is 5.99. The molecule has 2 atom stereocenters. The highest BCUT2D eigenvalue weighted by Crippen LogP contribution is 2.48. The number of rotatable bonds is 4. The smallest absolute Gasteiger partial charge is 0.246 e. The van der Waals surface area contributed by atoms with E-state index in [1.54, 1.807) is 19.5 Å². The van der Waals surface area contributed by atoms with Crippen molar-refractivity contribution < 1.29 is 4.79 Å². The van der Waals surface area contributed by atoms with E-state index in [-0.39, 0.29) is 17.2 Å². The quantitative estimate of drug-likeness (QED) is 0.462. The van der Waals surface area contributed by atoms with Crippen molar-refractivity contribution in [2.45, 2.75) is 38.5 Å². The first-order valence-corrected chi connectivity index (χ1v) is 10.1. The van der Waals surface area contributed by atoms with Crippen LogP contribution in [-0.4, -0.2) is 29.2 Å². The minimum atomic E-state index is 0.0226. The van der Waals surface area contributed by atoms with Gasteiger partial charge in [0.2, 0.25) is 5.91 Å². The number of pyridine rings is 1. The van der Waals surface area contributed by atoms with Crippen molar-refractivity contribution in [3.63, 3.8) is 0 Å². The Kier molecular flexibility index (Phi) is 4.95. The zero-order valence-electron chi connectivity index (χ0n) is 17.5. The summed E-state index contributed by atoms with van der Waals surface area (Å²) in [6, 6.07) is 16.7. The van der Waals surface area contributed by atoms with Crippen LogP contribution in [0.3, 0.4) is 0 Å². The molecule has 0 aliphatic heterocycles. The zero-order valence-corrected chi connectivity index (χ0v) is 17.5. The van der Waals surface area contributed by atoms with Gasteiger partial charge >= 0.3 is 0 Å². The topological polar surface area (TPSA) is 45.6 Å². The van der Waals surface area contributed by atoms with Crippen LogP contribution in [0, 0.1) is 5.92 Å². The fourth-order valence-corrected chi connectivity index (χ4v) is 3.77. The molecule has 0 spiro atoms. The number of fused-ring (bicyclic) bond motifs is 1. The number of nitrogens with zero attached hydrogens (tertiary/aromatic N) is 3. The monoisotopic (exact) mass is 385 g/mol. The average Bonchev–Trinajstić information content (AvgIpc) is 3.51. The van der Waals surface area contributed by atoms with Gasteiger partial charge in [-0.2, -0.15) is 5.10 Å². The molecule has 3 aromatic rings. The predicted octanol–water partition coefficient (Wildman–Crippen LogP) is 5.13. The lowest BCUT2D eigenvalue weighted by Gasteiger charge is -2.19. The number of amides is 1. The maximum Gasteiger partial charge on any atom is 0.246 e. The minimum Gasteiger partial charge on any atom is -0.273 e. The lowest BCUT2D eigenvalue weighted by Crippen LogP contribution is -2.23. The molecule has 1 amide bonds. The van der Waals surface area contributed by atoms with Crippen LogP contribution in [0.4, 0.5) is 0 Å². The second-order valence-electron chi connectivity index (χ2n) is 8.87. The van der Waals surface area contributed by atoms with Gasteiger partial charge in [-0.1, -0.05) is 63.2 Å². The number of hydrogen-bond acceptors (Lipinski definition) is 3. The van der Waals surface area contributed by atoms with Gasteiger partial charge in [0.25, 0.3) is 0 Å². The molecule has 1 heterocycles. The van der Waals surface area contributed by atoms with Gasteiger partial charge in [-0.25, -0.2) is 5.01 Å². The molecule has 1 saturated carbocycles. The molecule has 0 bridgehead atoms. The Balaban J connectivity index is 1.43. The van der Waals surface area contributed by atoms with Gasteiger partial charge in [0.1, 0.15) is 0 Å². The van der Waals surface area contributed by atoms with Gasteiger partial charge in [-0.3, -0.25) is 9.78 Å². The molecule has 1 fully saturated rings. The second kappa shape index (κ2) is 7.43. The van der Waals surface area contributed by atoms with Crippen molar-refractivity contribution in [3.8, 4) is 0 Å². The maximum atomic E-state index is 12.8. The average molecular weight is 386 g/mol. The summed E-state index contributed by atoms with van der Waals surface area (Å²) in [6.07, 6.45) is 6.26. The molecule has 4 nitrogen and oxygen atoms in total. The summed E-state index contributed by atoms with van der Waals surface area (Å²) in [5, 5.41) is 8.04. The number of hydrazone groups is 1. The van der Waals surface area contributed by atoms with Gasteiger partial charge in [-0.15, -0.1) is 0 Å². The molecule has 1 aromatic heterocycles. The fraction of sp³-hybridized carbons (Fsp3) is 0.320. The summed E-state index contributed by atoms with van der Waals surface area (Å²) in [4.78, 5) is 17.0. The number of carbonyl (C=O) groups is 1. The molecule has 4 rings (SSSR count). The minimum absolute atomic E-state index is 0.0226. The fourth-order valence-electron chi connectivity index (χ4n) is 3.77. The van der Waals surface area contributed by atoms with E-state index in [1.165, 1.54) is 16.1 Å². The van der Waals surface area contributed by atoms with Gasteiger partial charge in [0.15, 0.2) is 0 Å². The Hall–Kier alpha value is -3.01. The molecular formula is C25H27N3O. The van der Waals surface area contributed by atoms with E-state index in [0.29, 0.717) is 5.92 Å². The molecule has 4 heteroatoms. The predicted molar refractivity (Wildman–Crippen MR) is 118 cm³/mol. The summed E-state index contributed by atoms with van der Waals surface area (Å²) in [5.74, 6) is 0.403. The second-order valence-corrected chi connectivity index (χ2v) is 8.87. The molecule has 0 radical (unpaired) electrons. The number of hydrogen-bond donors (Lipinski definition) is 0. The lowest BCUT2D eigenvalue weighted by molar-refractivity contribution is -0.131. The molecule has 29 heavy (non-hydrogen) atoms. The van der Waals surface area contributed by atoms with E-state index in [9.17, 15) is 4.79 Å². The molecule has 148 valence electrons. The van der Waals surface area contributed by atoms with Crippen LogP contribution in [0.1, 0.15) is 49.8 Å². The van der Waals surface area contributed by atoms with Crippen LogP contribution in [0.5, 0.6) is 0 Å². The van der Waals surface area contributed by atoms with Crippen molar-refractivity contribution >= 4 is 22.9 Å². The number of carbonyl (C=O) groups excluding carboxylic acids is 1. The van der Waals surface area contributed by atoms with Crippen LogP contribution >= 0.6 is 0 Å². The summed E-state index contributed by atoms with van der Waals surface area (Å²) >= 11 is 0. The molecule has 0 N–H and O–H groups in total. The molecule has 1 aliphatic carbocycles. The van der Waals surface area contributed by atoms with Crippen molar-refractivity contribution in [3.05, 3.63) is 77.6 Å². The first kappa shape index (κ1) is 19.3. The lowest BCUT2D eigenvalue weighted by atomic mass is 9.86. The van der Waals surface area contributed by atoms with Gasteiger partial charge in [0, 0.05) is 36.3 Å². The molecular weight excluding hydrogens is 358 g/mol. The highest BCUT2D eigenvalue weighted by Gasteiger charge is 2.45. The Morgan fingerprint density at radius 3 is 2.62 bits per heavy atom.